The third kappa shape index (κ3) is 4.53. The van der Waals surface area contributed by atoms with Gasteiger partial charge in [0, 0.05) is 6.04 Å². The second-order valence-corrected chi connectivity index (χ2v) is 6.23. The van der Waals surface area contributed by atoms with E-state index in [0.717, 1.165) is 24.1 Å². The molecule has 0 aliphatic carbocycles. The maximum Gasteiger partial charge on any atom is 0.416 e. The largest absolute Gasteiger partial charge is 0.416 e. The number of hydrogen-bond acceptors (Lipinski definition) is 1. The van der Waals surface area contributed by atoms with Gasteiger partial charge in [-0.1, -0.05) is 39.8 Å². The monoisotopic (exact) mass is 273 g/mol. The zero-order chi connectivity index (χ0) is 14.8. The lowest BCUT2D eigenvalue weighted by atomic mass is 9.78. The molecule has 0 aliphatic heterocycles. The molecule has 1 nitrogen and oxygen atoms in total. The van der Waals surface area contributed by atoms with Crippen molar-refractivity contribution >= 4 is 0 Å². The van der Waals surface area contributed by atoms with E-state index >= 15 is 0 Å². The number of benzene rings is 1. The van der Waals surface area contributed by atoms with Crippen molar-refractivity contribution in [3.63, 3.8) is 0 Å². The summed E-state index contributed by atoms with van der Waals surface area (Å²) >= 11 is 0. The molecule has 2 unspecified atom stereocenters. The highest BCUT2D eigenvalue weighted by Gasteiger charge is 2.30. The number of halogens is 3. The number of nitrogens with two attached hydrogens (primary N) is 1. The van der Waals surface area contributed by atoms with Crippen molar-refractivity contribution in [3.05, 3.63) is 35.4 Å². The molecule has 0 saturated heterocycles. The van der Waals surface area contributed by atoms with Crippen LogP contribution < -0.4 is 5.73 Å². The van der Waals surface area contributed by atoms with E-state index in [-0.39, 0.29) is 11.5 Å². The molecule has 0 bridgehead atoms. The van der Waals surface area contributed by atoms with Gasteiger partial charge in [0.2, 0.25) is 0 Å². The van der Waals surface area contributed by atoms with Crippen LogP contribution in [-0.4, -0.2) is 0 Å². The highest BCUT2D eigenvalue weighted by atomic mass is 19.4. The quantitative estimate of drug-likeness (QED) is 0.842. The summed E-state index contributed by atoms with van der Waals surface area (Å²) in [4.78, 5) is 0. The first-order valence-electron chi connectivity index (χ1n) is 6.44. The fourth-order valence-electron chi connectivity index (χ4n) is 1.79. The van der Waals surface area contributed by atoms with Crippen molar-refractivity contribution in [2.24, 2.45) is 17.1 Å². The molecule has 4 heteroatoms. The summed E-state index contributed by atoms with van der Waals surface area (Å²) in [5.74, 6) is 0.393. The predicted molar refractivity (Wildman–Crippen MR) is 71.6 cm³/mol. The van der Waals surface area contributed by atoms with Crippen LogP contribution in [0.5, 0.6) is 0 Å². The number of rotatable bonds is 3. The van der Waals surface area contributed by atoms with Crippen LogP contribution in [0, 0.1) is 11.3 Å². The molecular weight excluding hydrogens is 251 g/mol. The van der Waals surface area contributed by atoms with Crippen LogP contribution in [0.15, 0.2) is 24.3 Å². The van der Waals surface area contributed by atoms with E-state index in [9.17, 15) is 13.2 Å². The molecule has 0 heterocycles. The minimum absolute atomic E-state index is 0.142. The van der Waals surface area contributed by atoms with Crippen molar-refractivity contribution in [1.82, 2.24) is 0 Å². The lowest BCUT2D eigenvalue weighted by Crippen LogP contribution is -2.23. The van der Waals surface area contributed by atoms with Crippen LogP contribution in [0.4, 0.5) is 13.2 Å². The van der Waals surface area contributed by atoms with E-state index < -0.39 is 11.7 Å². The summed E-state index contributed by atoms with van der Waals surface area (Å²) in [6.07, 6.45) is -3.53. The van der Waals surface area contributed by atoms with Gasteiger partial charge in [-0.25, -0.2) is 0 Å². The molecule has 0 aromatic heterocycles. The van der Waals surface area contributed by atoms with Gasteiger partial charge in [-0.05, 0) is 35.4 Å². The Morgan fingerprint density at radius 3 is 1.89 bits per heavy atom. The van der Waals surface area contributed by atoms with Gasteiger partial charge in [0.05, 0.1) is 5.56 Å². The van der Waals surface area contributed by atoms with Crippen LogP contribution >= 0.6 is 0 Å². The molecule has 0 aliphatic rings. The van der Waals surface area contributed by atoms with Crippen LogP contribution in [0.25, 0.3) is 0 Å². The van der Waals surface area contributed by atoms with Crippen LogP contribution in [-0.2, 0) is 6.18 Å². The van der Waals surface area contributed by atoms with Gasteiger partial charge in [-0.3, -0.25) is 0 Å². The number of hydrogen-bond donors (Lipinski definition) is 1. The molecule has 0 fully saturated rings. The van der Waals surface area contributed by atoms with Crippen LogP contribution in [0.2, 0.25) is 0 Å². The van der Waals surface area contributed by atoms with E-state index in [2.05, 4.69) is 27.7 Å². The van der Waals surface area contributed by atoms with Gasteiger partial charge in [-0.15, -0.1) is 0 Å². The van der Waals surface area contributed by atoms with Gasteiger partial charge < -0.3 is 5.73 Å². The van der Waals surface area contributed by atoms with Gasteiger partial charge in [0.15, 0.2) is 0 Å². The van der Waals surface area contributed by atoms with E-state index in [1.54, 1.807) is 0 Å². The zero-order valence-electron chi connectivity index (χ0n) is 11.9. The summed E-state index contributed by atoms with van der Waals surface area (Å²) in [6.45, 7) is 8.52. The molecule has 0 amide bonds. The summed E-state index contributed by atoms with van der Waals surface area (Å²) in [5, 5.41) is 0. The van der Waals surface area contributed by atoms with Gasteiger partial charge in [-0.2, -0.15) is 13.2 Å². The molecule has 1 aromatic rings. The number of alkyl halides is 3. The van der Waals surface area contributed by atoms with Crippen molar-refractivity contribution in [3.8, 4) is 0 Å². The predicted octanol–water partition coefficient (Wildman–Crippen LogP) is 4.78. The Labute approximate surface area is 113 Å². The van der Waals surface area contributed by atoms with E-state index in [1.807, 2.05) is 0 Å². The fourth-order valence-corrected chi connectivity index (χ4v) is 1.79. The Morgan fingerprint density at radius 2 is 1.53 bits per heavy atom. The molecule has 2 atom stereocenters. The molecule has 2 N–H and O–H groups in total. The van der Waals surface area contributed by atoms with Crippen LogP contribution in [0.3, 0.4) is 0 Å². The van der Waals surface area contributed by atoms with E-state index in [1.165, 1.54) is 12.1 Å². The SMILES string of the molecule is CC(CC(N)c1ccc(C(F)(F)F)cc1)C(C)(C)C. The highest BCUT2D eigenvalue weighted by molar-refractivity contribution is 5.26. The first-order chi connectivity index (χ1) is 8.51. The van der Waals surface area contributed by atoms with E-state index in [0.29, 0.717) is 5.92 Å². The Balaban J connectivity index is 2.76. The van der Waals surface area contributed by atoms with Crippen molar-refractivity contribution in [2.45, 2.75) is 46.3 Å². The summed E-state index contributed by atoms with van der Waals surface area (Å²) in [5.41, 5.74) is 6.33. The Hall–Kier alpha value is -1.03. The van der Waals surface area contributed by atoms with Crippen LogP contribution in [0.1, 0.15) is 51.3 Å². The minimum atomic E-state index is -4.29. The average molecular weight is 273 g/mol. The second-order valence-electron chi connectivity index (χ2n) is 6.23. The first kappa shape index (κ1) is 16.0. The fraction of sp³-hybridized carbons (Fsp3) is 0.600. The molecule has 19 heavy (non-hydrogen) atoms. The summed E-state index contributed by atoms with van der Waals surface area (Å²) in [6, 6.07) is 4.91. The normalized spacial score (nSPS) is 16.2. The van der Waals surface area contributed by atoms with Crippen molar-refractivity contribution < 1.29 is 13.2 Å². The summed E-state index contributed by atoms with van der Waals surface area (Å²) in [7, 11) is 0. The zero-order valence-corrected chi connectivity index (χ0v) is 11.9. The molecule has 1 aromatic carbocycles. The lowest BCUT2D eigenvalue weighted by Gasteiger charge is -2.29. The van der Waals surface area contributed by atoms with Gasteiger partial charge in [0.25, 0.3) is 0 Å². The van der Waals surface area contributed by atoms with Crippen molar-refractivity contribution in [1.29, 1.82) is 0 Å². The Bertz CT molecular complexity index is 401. The topological polar surface area (TPSA) is 26.0 Å². The molecular formula is C15H22F3N. The molecule has 0 saturated carbocycles. The van der Waals surface area contributed by atoms with Gasteiger partial charge >= 0.3 is 6.18 Å². The highest BCUT2D eigenvalue weighted by Crippen LogP contribution is 2.33. The standard InChI is InChI=1S/C15H22F3N/c1-10(14(2,3)4)9-13(19)11-5-7-12(8-6-11)15(16,17)18/h5-8,10,13H,9,19H2,1-4H3. The third-order valence-corrected chi connectivity index (χ3v) is 3.75. The molecule has 0 radical (unpaired) electrons. The molecule has 108 valence electrons. The molecule has 1 rings (SSSR count). The van der Waals surface area contributed by atoms with Crippen molar-refractivity contribution in [2.75, 3.05) is 0 Å². The smallest absolute Gasteiger partial charge is 0.324 e. The Kier molecular flexibility index (Phi) is 4.67. The Morgan fingerprint density at radius 1 is 1.05 bits per heavy atom. The van der Waals surface area contributed by atoms with Gasteiger partial charge in [0.1, 0.15) is 0 Å². The maximum absolute atomic E-state index is 12.5. The lowest BCUT2D eigenvalue weighted by molar-refractivity contribution is -0.137. The molecule has 0 spiro atoms. The van der Waals surface area contributed by atoms with E-state index in [4.69, 9.17) is 5.73 Å². The minimum Gasteiger partial charge on any atom is -0.324 e. The first-order valence-corrected chi connectivity index (χ1v) is 6.44. The third-order valence-electron chi connectivity index (χ3n) is 3.75. The maximum atomic E-state index is 12.5. The summed E-state index contributed by atoms with van der Waals surface area (Å²) < 4.78 is 37.4. The average Bonchev–Trinajstić information content (AvgIpc) is 2.26. The second kappa shape index (κ2) is 5.53.